The third kappa shape index (κ3) is 3.79. The molecule has 0 fully saturated rings. The first-order chi connectivity index (χ1) is 8.47. The number of carboxylic acid groups (broad SMARTS) is 1. The summed E-state index contributed by atoms with van der Waals surface area (Å²) in [5, 5.41) is 9.95. The van der Waals surface area contributed by atoms with Crippen molar-refractivity contribution >= 4 is 34.9 Å². The van der Waals surface area contributed by atoms with E-state index in [0.29, 0.717) is 16.6 Å². The second-order valence-corrected chi connectivity index (χ2v) is 5.04. The van der Waals surface area contributed by atoms with Crippen LogP contribution >= 0.6 is 23.2 Å². The Balaban J connectivity index is 2.97. The van der Waals surface area contributed by atoms with Gasteiger partial charge in [0.1, 0.15) is 0 Å². The summed E-state index contributed by atoms with van der Waals surface area (Å²) in [4.78, 5) is 12.9. The summed E-state index contributed by atoms with van der Waals surface area (Å²) in [5.41, 5.74) is 0.791. The molecule has 1 unspecified atom stereocenters. The molecule has 1 aromatic rings. The van der Waals surface area contributed by atoms with Gasteiger partial charge in [0, 0.05) is 13.1 Å². The van der Waals surface area contributed by atoms with Crippen LogP contribution in [0.15, 0.2) is 18.2 Å². The highest BCUT2D eigenvalue weighted by Gasteiger charge is 2.18. The van der Waals surface area contributed by atoms with Crippen LogP contribution in [0.25, 0.3) is 0 Å². The number of hydrogen-bond donors (Lipinski definition) is 1. The number of carboxylic acids is 1. The number of benzene rings is 1. The number of anilines is 1. The number of hydrogen-bond acceptors (Lipinski definition) is 2. The highest BCUT2D eigenvalue weighted by atomic mass is 35.5. The Labute approximate surface area is 117 Å². The molecule has 0 aliphatic heterocycles. The van der Waals surface area contributed by atoms with E-state index in [4.69, 9.17) is 28.3 Å². The van der Waals surface area contributed by atoms with Gasteiger partial charge in [-0.05, 0) is 18.6 Å². The number of rotatable bonds is 6. The number of halogens is 2. The molecule has 0 radical (unpaired) electrons. The summed E-state index contributed by atoms with van der Waals surface area (Å²) in [6, 6.07) is 5.40. The fourth-order valence-corrected chi connectivity index (χ4v) is 2.14. The van der Waals surface area contributed by atoms with E-state index < -0.39 is 11.9 Å². The molecule has 5 heteroatoms. The van der Waals surface area contributed by atoms with E-state index >= 15 is 0 Å². The summed E-state index contributed by atoms with van der Waals surface area (Å²) in [6.45, 7) is 4.89. The molecule has 0 spiro atoms. The first-order valence-electron chi connectivity index (χ1n) is 5.89. The molecule has 100 valence electrons. The van der Waals surface area contributed by atoms with Gasteiger partial charge in [0.15, 0.2) is 0 Å². The van der Waals surface area contributed by atoms with Crippen LogP contribution in [0.4, 0.5) is 5.69 Å². The van der Waals surface area contributed by atoms with Gasteiger partial charge in [0.2, 0.25) is 0 Å². The Morgan fingerprint density at radius 3 is 2.67 bits per heavy atom. The van der Waals surface area contributed by atoms with Crippen LogP contribution in [0.3, 0.4) is 0 Å². The smallest absolute Gasteiger partial charge is 0.308 e. The van der Waals surface area contributed by atoms with Gasteiger partial charge < -0.3 is 10.0 Å². The van der Waals surface area contributed by atoms with Crippen molar-refractivity contribution in [1.82, 2.24) is 0 Å². The normalized spacial score (nSPS) is 12.2. The monoisotopic (exact) mass is 289 g/mol. The van der Waals surface area contributed by atoms with E-state index in [1.807, 2.05) is 24.0 Å². The first kappa shape index (κ1) is 15.1. The van der Waals surface area contributed by atoms with Crippen LogP contribution < -0.4 is 4.90 Å². The van der Waals surface area contributed by atoms with Crippen molar-refractivity contribution in [3.8, 4) is 0 Å². The minimum atomic E-state index is -0.811. The van der Waals surface area contributed by atoms with Gasteiger partial charge in [0.05, 0.1) is 21.7 Å². The molecule has 0 amide bonds. The molecule has 1 aromatic carbocycles. The minimum Gasteiger partial charge on any atom is -0.481 e. The SMILES string of the molecule is CCCN(CC(C)C(=O)O)c1cccc(Cl)c1Cl. The summed E-state index contributed by atoms with van der Waals surface area (Å²) >= 11 is 12.1. The molecule has 0 saturated carbocycles. The van der Waals surface area contributed by atoms with Crippen LogP contribution in [-0.4, -0.2) is 24.2 Å². The zero-order valence-electron chi connectivity index (χ0n) is 10.5. The van der Waals surface area contributed by atoms with Crippen molar-refractivity contribution in [2.24, 2.45) is 5.92 Å². The fraction of sp³-hybridized carbons (Fsp3) is 0.462. The van der Waals surface area contributed by atoms with Crippen molar-refractivity contribution in [3.05, 3.63) is 28.2 Å². The number of nitrogens with zero attached hydrogens (tertiary/aromatic N) is 1. The van der Waals surface area contributed by atoms with Crippen molar-refractivity contribution in [2.75, 3.05) is 18.0 Å². The van der Waals surface area contributed by atoms with Crippen LogP contribution in [0.2, 0.25) is 10.0 Å². The third-order valence-corrected chi connectivity index (χ3v) is 3.49. The van der Waals surface area contributed by atoms with Crippen LogP contribution in [0.1, 0.15) is 20.3 Å². The summed E-state index contributed by atoms with van der Waals surface area (Å²) in [5.74, 6) is -1.26. The van der Waals surface area contributed by atoms with Crippen LogP contribution in [0, 0.1) is 5.92 Å². The van der Waals surface area contributed by atoms with Gasteiger partial charge in [0.25, 0.3) is 0 Å². The van der Waals surface area contributed by atoms with Crippen molar-refractivity contribution in [3.63, 3.8) is 0 Å². The lowest BCUT2D eigenvalue weighted by atomic mass is 10.1. The van der Waals surface area contributed by atoms with Gasteiger partial charge in [-0.1, -0.05) is 43.1 Å². The molecule has 1 rings (SSSR count). The highest BCUT2D eigenvalue weighted by molar-refractivity contribution is 6.43. The quantitative estimate of drug-likeness (QED) is 0.863. The Morgan fingerprint density at radius 1 is 1.44 bits per heavy atom. The Kier molecular flexibility index (Phi) is 5.76. The van der Waals surface area contributed by atoms with Gasteiger partial charge in [-0.25, -0.2) is 0 Å². The molecular weight excluding hydrogens is 273 g/mol. The summed E-state index contributed by atoms with van der Waals surface area (Å²) in [7, 11) is 0. The maximum absolute atomic E-state index is 10.9. The van der Waals surface area contributed by atoms with Crippen LogP contribution in [-0.2, 0) is 4.79 Å². The molecule has 0 aromatic heterocycles. The second-order valence-electron chi connectivity index (χ2n) is 4.26. The van der Waals surface area contributed by atoms with E-state index in [9.17, 15) is 4.79 Å². The Morgan fingerprint density at radius 2 is 2.11 bits per heavy atom. The van der Waals surface area contributed by atoms with E-state index in [1.54, 1.807) is 13.0 Å². The predicted molar refractivity (Wildman–Crippen MR) is 75.8 cm³/mol. The lowest BCUT2D eigenvalue weighted by Crippen LogP contribution is -2.32. The standard InChI is InChI=1S/C13H17Cl2NO2/c1-3-7-16(8-9(2)13(17)18)11-6-4-5-10(14)12(11)15/h4-6,9H,3,7-8H2,1-2H3,(H,17,18). The zero-order chi connectivity index (χ0) is 13.7. The highest BCUT2D eigenvalue weighted by Crippen LogP contribution is 2.32. The molecule has 1 N–H and O–H groups in total. The van der Waals surface area contributed by atoms with E-state index in [1.165, 1.54) is 0 Å². The molecule has 3 nitrogen and oxygen atoms in total. The van der Waals surface area contributed by atoms with Gasteiger partial charge in [-0.3, -0.25) is 4.79 Å². The lowest BCUT2D eigenvalue weighted by Gasteiger charge is -2.27. The number of aliphatic carboxylic acids is 1. The average Bonchev–Trinajstić information content (AvgIpc) is 2.32. The third-order valence-electron chi connectivity index (χ3n) is 2.68. The van der Waals surface area contributed by atoms with Crippen molar-refractivity contribution in [2.45, 2.75) is 20.3 Å². The Bertz CT molecular complexity index is 423. The first-order valence-corrected chi connectivity index (χ1v) is 6.64. The summed E-state index contributed by atoms with van der Waals surface area (Å²) in [6.07, 6.45) is 0.912. The fourth-order valence-electron chi connectivity index (χ4n) is 1.73. The minimum absolute atomic E-state index is 0.420. The molecular formula is C13H17Cl2NO2. The predicted octanol–water partition coefficient (Wildman–Crippen LogP) is 3.93. The van der Waals surface area contributed by atoms with Crippen LogP contribution in [0.5, 0.6) is 0 Å². The largest absolute Gasteiger partial charge is 0.481 e. The van der Waals surface area contributed by atoms with E-state index in [2.05, 4.69) is 0 Å². The van der Waals surface area contributed by atoms with E-state index in [-0.39, 0.29) is 0 Å². The van der Waals surface area contributed by atoms with Gasteiger partial charge >= 0.3 is 5.97 Å². The molecule has 0 aliphatic carbocycles. The topological polar surface area (TPSA) is 40.5 Å². The average molecular weight is 290 g/mol. The maximum atomic E-state index is 10.9. The Hall–Kier alpha value is -0.930. The van der Waals surface area contributed by atoms with Gasteiger partial charge in [-0.2, -0.15) is 0 Å². The molecule has 1 atom stereocenters. The van der Waals surface area contributed by atoms with Crippen molar-refractivity contribution < 1.29 is 9.90 Å². The zero-order valence-corrected chi connectivity index (χ0v) is 12.0. The maximum Gasteiger partial charge on any atom is 0.308 e. The molecule has 18 heavy (non-hydrogen) atoms. The van der Waals surface area contributed by atoms with Gasteiger partial charge in [-0.15, -0.1) is 0 Å². The molecule has 0 aliphatic rings. The molecule has 0 heterocycles. The van der Waals surface area contributed by atoms with Crippen molar-refractivity contribution in [1.29, 1.82) is 0 Å². The molecule has 0 bridgehead atoms. The summed E-state index contributed by atoms with van der Waals surface area (Å²) < 4.78 is 0. The molecule has 0 saturated heterocycles. The lowest BCUT2D eigenvalue weighted by molar-refractivity contribution is -0.140. The number of carbonyl (C=O) groups is 1. The van der Waals surface area contributed by atoms with E-state index in [0.717, 1.165) is 18.7 Å². The second kappa shape index (κ2) is 6.86.